The summed E-state index contributed by atoms with van der Waals surface area (Å²) in [6.07, 6.45) is 2.51. The summed E-state index contributed by atoms with van der Waals surface area (Å²) < 4.78 is 0. The first-order valence-corrected chi connectivity index (χ1v) is 7.95. The lowest BCUT2D eigenvalue weighted by Crippen LogP contribution is -2.27. The summed E-state index contributed by atoms with van der Waals surface area (Å²) in [7, 11) is 0. The lowest BCUT2D eigenvalue weighted by atomic mass is 10.1. The fourth-order valence-electron chi connectivity index (χ4n) is 2.32. The lowest BCUT2D eigenvalue weighted by Gasteiger charge is -2.13. The summed E-state index contributed by atoms with van der Waals surface area (Å²) in [6.45, 7) is 3.80. The monoisotopic (exact) mass is 322 g/mol. The van der Waals surface area contributed by atoms with Gasteiger partial charge in [0.15, 0.2) is 0 Å². The van der Waals surface area contributed by atoms with E-state index in [0.717, 1.165) is 11.1 Å². The minimum absolute atomic E-state index is 0.116. The van der Waals surface area contributed by atoms with E-state index in [4.69, 9.17) is 0 Å². The topological polar surface area (TPSA) is 58.2 Å². The summed E-state index contributed by atoms with van der Waals surface area (Å²) in [4.78, 5) is 23.8. The summed E-state index contributed by atoms with van der Waals surface area (Å²) >= 11 is 0. The average molecular weight is 322 g/mol. The molecule has 0 radical (unpaired) electrons. The van der Waals surface area contributed by atoms with Gasteiger partial charge in [0.1, 0.15) is 0 Å². The molecular formula is C20H22N2O2. The van der Waals surface area contributed by atoms with Crippen LogP contribution in [-0.2, 0) is 9.59 Å². The number of benzene rings is 2. The molecular weight excluding hydrogens is 300 g/mol. The first kappa shape index (κ1) is 17.5. The van der Waals surface area contributed by atoms with Crippen LogP contribution in [0.2, 0.25) is 0 Å². The Hall–Kier alpha value is -2.88. The standard InChI is InChI=1S/C20H22N2O2/c1-15(17-9-5-3-6-10-17)21-19(23)13-14-20(24)22-16(2)18-11-7-4-8-12-18/h3-16H,1-2H3,(H,21,23)(H,22,24)/b14-13+/t15-,16+. The highest BCUT2D eigenvalue weighted by Crippen LogP contribution is 2.11. The van der Waals surface area contributed by atoms with Gasteiger partial charge in [-0.2, -0.15) is 0 Å². The van der Waals surface area contributed by atoms with Crippen molar-refractivity contribution in [1.29, 1.82) is 0 Å². The van der Waals surface area contributed by atoms with Gasteiger partial charge in [-0.15, -0.1) is 0 Å². The zero-order chi connectivity index (χ0) is 17.4. The molecule has 4 nitrogen and oxygen atoms in total. The van der Waals surface area contributed by atoms with Gasteiger partial charge in [-0.25, -0.2) is 0 Å². The van der Waals surface area contributed by atoms with Crippen LogP contribution >= 0.6 is 0 Å². The Bertz CT molecular complexity index is 635. The number of hydrogen-bond donors (Lipinski definition) is 2. The highest BCUT2D eigenvalue weighted by Gasteiger charge is 2.09. The van der Waals surface area contributed by atoms with Crippen LogP contribution in [0.25, 0.3) is 0 Å². The lowest BCUT2D eigenvalue weighted by molar-refractivity contribution is -0.119. The molecule has 2 aromatic rings. The van der Waals surface area contributed by atoms with Crippen LogP contribution in [0.3, 0.4) is 0 Å². The maximum atomic E-state index is 11.9. The molecule has 4 heteroatoms. The van der Waals surface area contributed by atoms with E-state index in [1.807, 2.05) is 74.5 Å². The fraction of sp³-hybridized carbons (Fsp3) is 0.200. The van der Waals surface area contributed by atoms with Gasteiger partial charge >= 0.3 is 0 Å². The Morgan fingerprint density at radius 3 is 1.38 bits per heavy atom. The number of carbonyl (C=O) groups is 2. The van der Waals surface area contributed by atoms with E-state index in [1.165, 1.54) is 12.2 Å². The van der Waals surface area contributed by atoms with Gasteiger partial charge in [0.05, 0.1) is 12.1 Å². The molecule has 2 rings (SSSR count). The van der Waals surface area contributed by atoms with Crippen molar-refractivity contribution in [3.63, 3.8) is 0 Å². The van der Waals surface area contributed by atoms with Crippen molar-refractivity contribution in [2.45, 2.75) is 25.9 Å². The van der Waals surface area contributed by atoms with Crippen LogP contribution in [0.15, 0.2) is 72.8 Å². The van der Waals surface area contributed by atoms with Crippen LogP contribution in [0.4, 0.5) is 0 Å². The SMILES string of the molecule is C[C@H](NC(=O)/C=C/C(=O)N[C@H](C)c1ccccc1)c1ccccc1. The number of nitrogens with one attached hydrogen (secondary N) is 2. The smallest absolute Gasteiger partial charge is 0.244 e. The molecule has 0 saturated heterocycles. The van der Waals surface area contributed by atoms with Gasteiger partial charge in [-0.1, -0.05) is 60.7 Å². The maximum absolute atomic E-state index is 11.9. The summed E-state index contributed by atoms with van der Waals surface area (Å²) in [5.74, 6) is -0.595. The van der Waals surface area contributed by atoms with Gasteiger partial charge in [-0.05, 0) is 25.0 Å². The van der Waals surface area contributed by atoms with Crippen molar-refractivity contribution in [3.8, 4) is 0 Å². The molecule has 124 valence electrons. The molecule has 0 saturated carbocycles. The van der Waals surface area contributed by atoms with Gasteiger partial charge in [0.2, 0.25) is 11.8 Å². The van der Waals surface area contributed by atoms with E-state index in [0.29, 0.717) is 0 Å². The zero-order valence-corrected chi connectivity index (χ0v) is 13.9. The molecule has 0 bridgehead atoms. The van der Waals surface area contributed by atoms with Crippen molar-refractivity contribution in [2.24, 2.45) is 0 Å². The zero-order valence-electron chi connectivity index (χ0n) is 13.9. The fourth-order valence-corrected chi connectivity index (χ4v) is 2.32. The molecule has 0 aliphatic rings. The van der Waals surface area contributed by atoms with Gasteiger partial charge in [-0.3, -0.25) is 9.59 Å². The molecule has 2 aromatic carbocycles. The van der Waals surface area contributed by atoms with E-state index < -0.39 is 0 Å². The second-order valence-electron chi connectivity index (χ2n) is 5.62. The van der Waals surface area contributed by atoms with E-state index >= 15 is 0 Å². The predicted molar refractivity (Wildman–Crippen MR) is 95.1 cm³/mol. The van der Waals surface area contributed by atoms with Crippen molar-refractivity contribution in [1.82, 2.24) is 10.6 Å². The summed E-state index contributed by atoms with van der Waals surface area (Å²) in [5, 5.41) is 5.66. The second kappa shape index (κ2) is 8.67. The van der Waals surface area contributed by atoms with E-state index in [2.05, 4.69) is 10.6 Å². The molecule has 0 unspecified atom stereocenters. The largest absolute Gasteiger partial charge is 0.346 e. The molecule has 2 N–H and O–H groups in total. The molecule has 0 heterocycles. The van der Waals surface area contributed by atoms with Crippen molar-refractivity contribution in [3.05, 3.63) is 83.9 Å². The molecule has 2 atom stereocenters. The van der Waals surface area contributed by atoms with Crippen LogP contribution in [0, 0.1) is 0 Å². The van der Waals surface area contributed by atoms with Crippen LogP contribution in [0.1, 0.15) is 37.1 Å². The Balaban J connectivity index is 1.83. The number of hydrogen-bond acceptors (Lipinski definition) is 2. The summed E-state index contributed by atoms with van der Waals surface area (Å²) in [5.41, 5.74) is 2.03. The van der Waals surface area contributed by atoms with Crippen molar-refractivity contribution in [2.75, 3.05) is 0 Å². The van der Waals surface area contributed by atoms with Crippen molar-refractivity contribution >= 4 is 11.8 Å². The average Bonchev–Trinajstić information content (AvgIpc) is 2.61. The Kier molecular flexibility index (Phi) is 6.32. The molecule has 0 spiro atoms. The molecule has 0 aliphatic carbocycles. The highest BCUT2D eigenvalue weighted by molar-refractivity contribution is 5.96. The van der Waals surface area contributed by atoms with Gasteiger partial charge < -0.3 is 10.6 Å². The Morgan fingerprint density at radius 1 is 0.708 bits per heavy atom. The third-order valence-electron chi connectivity index (χ3n) is 3.70. The minimum atomic E-state index is -0.297. The van der Waals surface area contributed by atoms with Crippen LogP contribution in [0.5, 0.6) is 0 Å². The third kappa shape index (κ3) is 5.39. The van der Waals surface area contributed by atoms with Gasteiger partial charge in [0.25, 0.3) is 0 Å². The number of rotatable bonds is 6. The second-order valence-corrected chi connectivity index (χ2v) is 5.62. The molecule has 0 fully saturated rings. The molecule has 2 amide bonds. The Morgan fingerprint density at radius 2 is 1.04 bits per heavy atom. The Labute approximate surface area is 142 Å². The normalized spacial score (nSPS) is 13.2. The predicted octanol–water partition coefficient (Wildman–Crippen LogP) is 3.30. The van der Waals surface area contributed by atoms with Crippen LogP contribution in [-0.4, -0.2) is 11.8 Å². The highest BCUT2D eigenvalue weighted by atomic mass is 16.2. The number of carbonyl (C=O) groups excluding carboxylic acids is 2. The van der Waals surface area contributed by atoms with Crippen LogP contribution < -0.4 is 10.6 Å². The molecule has 0 aromatic heterocycles. The molecule has 0 aliphatic heterocycles. The van der Waals surface area contributed by atoms with E-state index in [1.54, 1.807) is 0 Å². The quantitative estimate of drug-likeness (QED) is 0.802. The van der Waals surface area contributed by atoms with Gasteiger partial charge in [0, 0.05) is 12.2 Å². The maximum Gasteiger partial charge on any atom is 0.244 e. The number of amides is 2. The third-order valence-corrected chi connectivity index (χ3v) is 3.70. The van der Waals surface area contributed by atoms with E-state index in [-0.39, 0.29) is 23.9 Å². The minimum Gasteiger partial charge on any atom is -0.346 e. The first-order valence-electron chi connectivity index (χ1n) is 7.95. The molecule has 24 heavy (non-hydrogen) atoms. The summed E-state index contributed by atoms with van der Waals surface area (Å²) in [6, 6.07) is 19.1. The van der Waals surface area contributed by atoms with E-state index in [9.17, 15) is 9.59 Å². The first-order chi connectivity index (χ1) is 11.6. The van der Waals surface area contributed by atoms with Crippen molar-refractivity contribution < 1.29 is 9.59 Å².